The van der Waals surface area contributed by atoms with Gasteiger partial charge in [0.25, 0.3) is 0 Å². The quantitative estimate of drug-likeness (QED) is 0.282. The van der Waals surface area contributed by atoms with Crippen LogP contribution in [0, 0.1) is 11.3 Å². The van der Waals surface area contributed by atoms with Gasteiger partial charge in [-0.15, -0.1) is 0 Å². The van der Waals surface area contributed by atoms with E-state index in [4.69, 9.17) is 28.4 Å². The first kappa shape index (κ1) is 29.0. The van der Waals surface area contributed by atoms with Gasteiger partial charge < -0.3 is 28.4 Å². The van der Waals surface area contributed by atoms with E-state index in [1.807, 2.05) is 36.4 Å². The number of nitriles is 1. The molecule has 4 heterocycles. The van der Waals surface area contributed by atoms with Crippen molar-refractivity contribution in [2.45, 2.75) is 43.1 Å². The fourth-order valence-corrected chi connectivity index (χ4v) is 7.50. The highest BCUT2D eigenvalue weighted by atomic mass is 16.7. The minimum atomic E-state index is -0.458. The maximum atomic E-state index is 13.0. The Labute approximate surface area is 262 Å². The number of hydrogen-bond acceptors (Lipinski definition) is 10. The summed E-state index contributed by atoms with van der Waals surface area (Å²) in [6, 6.07) is 17.2. The van der Waals surface area contributed by atoms with Crippen molar-refractivity contribution in [3.63, 3.8) is 0 Å². The molecular weight excluding hydrogens is 574 g/mol. The van der Waals surface area contributed by atoms with Crippen LogP contribution in [0.25, 0.3) is 6.08 Å². The average Bonchev–Trinajstić information content (AvgIpc) is 3.52. The lowest BCUT2D eigenvalue weighted by atomic mass is 9.72. The van der Waals surface area contributed by atoms with Crippen molar-refractivity contribution in [2.24, 2.45) is 0 Å². The molecule has 3 aromatic carbocycles. The molecule has 10 heteroatoms. The zero-order valence-electron chi connectivity index (χ0n) is 25.7. The van der Waals surface area contributed by atoms with Gasteiger partial charge >= 0.3 is 5.97 Å². The number of likely N-dealkylation sites (N-methyl/N-ethyl adjacent to an activating group) is 1. The summed E-state index contributed by atoms with van der Waals surface area (Å²) in [7, 11) is 7.00. The van der Waals surface area contributed by atoms with Crippen LogP contribution in [0.1, 0.15) is 39.9 Å². The van der Waals surface area contributed by atoms with E-state index in [1.165, 1.54) is 6.08 Å². The Kier molecular flexibility index (Phi) is 7.51. The van der Waals surface area contributed by atoms with Crippen LogP contribution in [0.2, 0.25) is 0 Å². The Bertz CT molecular complexity index is 1700. The molecule has 0 aromatic heterocycles. The Morgan fingerprint density at radius 2 is 1.62 bits per heavy atom. The molecule has 0 radical (unpaired) electrons. The molecule has 4 aliphatic heterocycles. The lowest BCUT2D eigenvalue weighted by Crippen LogP contribution is -2.68. The molecule has 3 aromatic rings. The van der Waals surface area contributed by atoms with Crippen molar-refractivity contribution in [1.29, 1.82) is 5.26 Å². The molecule has 0 amide bonds. The Hall–Kier alpha value is -4.72. The first-order chi connectivity index (χ1) is 21.9. The number of ether oxygens (including phenoxy) is 6. The number of methoxy groups -OCH3 is 3. The minimum Gasteiger partial charge on any atom is -0.497 e. The molecule has 0 spiro atoms. The molecule has 232 valence electrons. The van der Waals surface area contributed by atoms with E-state index < -0.39 is 12.0 Å². The van der Waals surface area contributed by atoms with Crippen LogP contribution in [-0.2, 0) is 22.4 Å². The Balaban J connectivity index is 1.25. The summed E-state index contributed by atoms with van der Waals surface area (Å²) in [5.74, 6) is 3.00. The van der Waals surface area contributed by atoms with E-state index in [2.05, 4.69) is 35.0 Å². The molecule has 0 aliphatic carbocycles. The number of hydrogen-bond donors (Lipinski definition) is 0. The number of rotatable bonds is 7. The summed E-state index contributed by atoms with van der Waals surface area (Å²) in [5.41, 5.74) is 5.24. The van der Waals surface area contributed by atoms with Crippen LogP contribution >= 0.6 is 0 Å². The van der Waals surface area contributed by atoms with Gasteiger partial charge in [0.2, 0.25) is 6.79 Å². The third kappa shape index (κ3) is 4.93. The van der Waals surface area contributed by atoms with Crippen molar-refractivity contribution in [2.75, 3.05) is 41.8 Å². The first-order valence-corrected chi connectivity index (χ1v) is 15.0. The van der Waals surface area contributed by atoms with Gasteiger partial charge in [-0.2, -0.15) is 5.26 Å². The standard InChI is InChI=1S/C35H35N3O7/c1-37-26-11-22-13-30(41-3)31(42-4)16-25(22)35(37)27-12-21-14-32-33(45-19-44-32)15-24(21)29(38(27)28(26)17-36)18-43-34(39)10-7-20-5-8-23(40-2)9-6-20/h5-10,13-16,26-29,35H,11-12,18-19H2,1-4H3/b10-7+/t26-,27-,28-,29-,35+/m0/s1. The van der Waals surface area contributed by atoms with Crippen molar-refractivity contribution in [1.82, 2.24) is 9.80 Å². The highest BCUT2D eigenvalue weighted by Crippen LogP contribution is 2.52. The fraction of sp³-hybridized carbons (Fsp3) is 0.371. The smallest absolute Gasteiger partial charge is 0.330 e. The van der Waals surface area contributed by atoms with Gasteiger partial charge in [-0.25, -0.2) is 4.79 Å². The van der Waals surface area contributed by atoms with E-state index >= 15 is 0 Å². The molecule has 2 bridgehead atoms. The van der Waals surface area contributed by atoms with E-state index in [0.29, 0.717) is 35.8 Å². The third-order valence-electron chi connectivity index (χ3n) is 9.61. The van der Waals surface area contributed by atoms with Gasteiger partial charge in [0, 0.05) is 18.2 Å². The number of fused-ring (bicyclic) bond motifs is 8. The van der Waals surface area contributed by atoms with Crippen LogP contribution in [0.4, 0.5) is 0 Å². The van der Waals surface area contributed by atoms with E-state index in [0.717, 1.165) is 33.6 Å². The molecule has 5 atom stereocenters. The second kappa shape index (κ2) is 11.7. The molecule has 1 saturated heterocycles. The molecule has 0 saturated carbocycles. The topological polar surface area (TPSA) is 103 Å². The maximum absolute atomic E-state index is 13.0. The number of piperazine rings is 1. The van der Waals surface area contributed by atoms with Crippen LogP contribution < -0.4 is 23.7 Å². The number of esters is 1. The molecular formula is C35H35N3O7. The van der Waals surface area contributed by atoms with Gasteiger partial charge in [0.1, 0.15) is 18.4 Å². The van der Waals surface area contributed by atoms with Crippen LogP contribution in [0.3, 0.4) is 0 Å². The summed E-state index contributed by atoms with van der Waals surface area (Å²) in [4.78, 5) is 17.7. The lowest BCUT2D eigenvalue weighted by Gasteiger charge is -2.59. The van der Waals surface area contributed by atoms with Crippen LogP contribution in [-0.4, -0.2) is 75.7 Å². The second-order valence-corrected chi connectivity index (χ2v) is 11.7. The third-order valence-corrected chi connectivity index (χ3v) is 9.61. The molecule has 4 aliphatic rings. The number of carbonyl (C=O) groups is 1. The van der Waals surface area contributed by atoms with Gasteiger partial charge in [0.15, 0.2) is 23.0 Å². The SMILES string of the molecule is COc1ccc(/C=C/C(=O)OC[C@H]2c3cc4c(cc3C[C@H]3[C@H]5c6cc(OC)c(OC)cc6C[C@@H]([C@H](C#N)N23)N5C)OCO4)cc1. The van der Waals surface area contributed by atoms with Crippen LogP contribution in [0.15, 0.2) is 54.6 Å². The average molecular weight is 610 g/mol. The largest absolute Gasteiger partial charge is 0.497 e. The maximum Gasteiger partial charge on any atom is 0.330 e. The second-order valence-electron chi connectivity index (χ2n) is 11.7. The number of carbonyl (C=O) groups excluding carboxylic acids is 1. The minimum absolute atomic E-state index is 0.0325. The van der Waals surface area contributed by atoms with Gasteiger partial charge in [-0.05, 0) is 90.2 Å². The number of benzene rings is 3. The monoisotopic (exact) mass is 609 g/mol. The Morgan fingerprint density at radius 3 is 2.33 bits per heavy atom. The van der Waals surface area contributed by atoms with Crippen molar-refractivity contribution in [3.05, 3.63) is 82.4 Å². The Morgan fingerprint density at radius 1 is 0.933 bits per heavy atom. The normalized spacial score (nSPS) is 24.6. The van der Waals surface area contributed by atoms with Crippen molar-refractivity contribution < 1.29 is 33.2 Å². The fourth-order valence-electron chi connectivity index (χ4n) is 7.50. The molecule has 0 N–H and O–H groups in total. The van der Waals surface area contributed by atoms with Gasteiger partial charge in [-0.1, -0.05) is 12.1 Å². The lowest BCUT2D eigenvalue weighted by molar-refractivity contribution is -0.143. The first-order valence-electron chi connectivity index (χ1n) is 15.0. The van der Waals surface area contributed by atoms with Crippen molar-refractivity contribution >= 4 is 12.0 Å². The number of nitrogens with zero attached hydrogens (tertiary/aromatic N) is 3. The summed E-state index contributed by atoms with van der Waals surface area (Å²) in [5, 5.41) is 10.7. The van der Waals surface area contributed by atoms with E-state index in [1.54, 1.807) is 27.4 Å². The summed E-state index contributed by atoms with van der Waals surface area (Å²) in [6.07, 6.45) is 4.50. The zero-order valence-corrected chi connectivity index (χ0v) is 25.7. The summed E-state index contributed by atoms with van der Waals surface area (Å²) < 4.78 is 34.0. The van der Waals surface area contributed by atoms with Crippen LogP contribution in [0.5, 0.6) is 28.7 Å². The van der Waals surface area contributed by atoms with Crippen molar-refractivity contribution in [3.8, 4) is 34.8 Å². The van der Waals surface area contributed by atoms with E-state index in [9.17, 15) is 10.1 Å². The predicted molar refractivity (Wildman–Crippen MR) is 165 cm³/mol. The predicted octanol–water partition coefficient (Wildman–Crippen LogP) is 4.47. The summed E-state index contributed by atoms with van der Waals surface area (Å²) in [6.45, 7) is 0.236. The van der Waals surface area contributed by atoms with Gasteiger partial charge in [0.05, 0.1) is 39.5 Å². The molecule has 10 nitrogen and oxygen atoms in total. The highest BCUT2D eigenvalue weighted by Gasteiger charge is 2.54. The highest BCUT2D eigenvalue weighted by molar-refractivity contribution is 5.87. The zero-order chi connectivity index (χ0) is 31.2. The molecule has 7 rings (SSSR count). The molecule has 45 heavy (non-hydrogen) atoms. The van der Waals surface area contributed by atoms with E-state index in [-0.39, 0.29) is 37.6 Å². The summed E-state index contributed by atoms with van der Waals surface area (Å²) >= 11 is 0. The molecule has 0 unspecified atom stereocenters. The van der Waals surface area contributed by atoms with Gasteiger partial charge in [-0.3, -0.25) is 9.80 Å². The molecule has 1 fully saturated rings.